The van der Waals surface area contributed by atoms with E-state index in [1.54, 1.807) is 23.4 Å². The van der Waals surface area contributed by atoms with Crippen molar-refractivity contribution in [1.82, 2.24) is 4.57 Å². The number of carbonyl (C=O) groups is 1. The maximum absolute atomic E-state index is 13.5. The third-order valence-corrected chi connectivity index (χ3v) is 8.36. The Morgan fingerprint density at radius 1 is 1.03 bits per heavy atom. The lowest BCUT2D eigenvalue weighted by molar-refractivity contribution is -0.119. The smallest absolute Gasteiger partial charge is 0.312 e. The fourth-order valence-corrected chi connectivity index (χ4v) is 6.98. The van der Waals surface area contributed by atoms with E-state index in [2.05, 4.69) is 5.32 Å². The maximum Gasteiger partial charge on any atom is 0.312 e. The van der Waals surface area contributed by atoms with E-state index in [4.69, 9.17) is 4.74 Å². The van der Waals surface area contributed by atoms with E-state index in [9.17, 15) is 9.59 Å². The van der Waals surface area contributed by atoms with Crippen molar-refractivity contribution in [2.24, 2.45) is 5.92 Å². The topological polar surface area (TPSA) is 60.3 Å². The molecule has 0 fully saturated rings. The number of hydrogen-bond acceptors (Lipinski definition) is 5. The van der Waals surface area contributed by atoms with Crippen LogP contribution in [0, 0.1) is 12.8 Å². The van der Waals surface area contributed by atoms with Crippen LogP contribution in [0.25, 0.3) is 5.69 Å². The lowest BCUT2D eigenvalue weighted by atomic mass is 9.85. The first-order valence-electron chi connectivity index (χ1n) is 11.0. The number of aromatic nitrogens is 1. The molecule has 0 radical (unpaired) electrons. The van der Waals surface area contributed by atoms with Crippen LogP contribution in [0.4, 0.5) is 5.69 Å². The van der Waals surface area contributed by atoms with Gasteiger partial charge in [0.15, 0.2) is 0 Å². The number of benzene rings is 3. The average Bonchev–Trinajstić information content (AvgIpc) is 3.21. The number of ether oxygens (including phenoxy) is 1. The highest BCUT2D eigenvalue weighted by atomic mass is 32.2. The van der Waals surface area contributed by atoms with Gasteiger partial charge in [-0.25, -0.2) is 0 Å². The van der Waals surface area contributed by atoms with Crippen molar-refractivity contribution in [3.63, 3.8) is 0 Å². The lowest BCUT2D eigenvalue weighted by Crippen LogP contribution is -2.33. The van der Waals surface area contributed by atoms with E-state index in [0.29, 0.717) is 5.75 Å². The molecule has 5 rings (SSSR count). The predicted molar refractivity (Wildman–Crippen MR) is 139 cm³/mol. The third-order valence-electron chi connectivity index (χ3n) is 6.00. The summed E-state index contributed by atoms with van der Waals surface area (Å²) >= 11 is 2.79. The summed E-state index contributed by atoms with van der Waals surface area (Å²) in [6.07, 6.45) is 0. The van der Waals surface area contributed by atoms with Crippen molar-refractivity contribution in [2.75, 3.05) is 18.2 Å². The minimum atomic E-state index is -0.340. The molecule has 2 heterocycles. The Morgan fingerprint density at radius 3 is 2.53 bits per heavy atom. The quantitative estimate of drug-likeness (QED) is 0.391. The molecular weight excluding hydrogens is 464 g/mol. The number of methoxy groups -OCH3 is 1. The van der Waals surface area contributed by atoms with E-state index >= 15 is 0 Å². The molecule has 0 spiro atoms. The third kappa shape index (κ3) is 4.29. The van der Waals surface area contributed by atoms with Crippen LogP contribution in [-0.2, 0) is 4.79 Å². The minimum absolute atomic E-state index is 0.0452. The van der Waals surface area contributed by atoms with Crippen molar-refractivity contribution >= 4 is 34.7 Å². The second-order valence-electron chi connectivity index (χ2n) is 8.24. The molecule has 1 aliphatic rings. The largest absolute Gasteiger partial charge is 0.497 e. The number of nitrogens with zero attached hydrogens (tertiary/aromatic N) is 1. The fraction of sp³-hybridized carbons (Fsp3) is 0.185. The van der Waals surface area contributed by atoms with E-state index < -0.39 is 0 Å². The van der Waals surface area contributed by atoms with Gasteiger partial charge in [-0.05, 0) is 48.9 Å². The van der Waals surface area contributed by atoms with Gasteiger partial charge < -0.3 is 10.1 Å². The molecule has 1 amide bonds. The standard InChI is InChI=1S/C27H24N2O3S2/c1-17-11-13-19(14-12-17)28-25(30)22-16-33-26-24(23(22)18-7-6-10-21(15-18)32-2)34-27(31)29(26)20-8-4-3-5-9-20/h3-15,22-23H,16H2,1-2H3,(H,28,30). The van der Waals surface area contributed by atoms with Crippen LogP contribution in [0.2, 0.25) is 0 Å². The molecule has 2 unspecified atom stereocenters. The molecule has 4 aromatic rings. The van der Waals surface area contributed by atoms with Crippen LogP contribution in [-0.4, -0.2) is 23.3 Å². The summed E-state index contributed by atoms with van der Waals surface area (Å²) in [6.45, 7) is 2.02. The molecule has 172 valence electrons. The summed E-state index contributed by atoms with van der Waals surface area (Å²) in [5.41, 5.74) is 3.71. The first-order valence-corrected chi connectivity index (χ1v) is 12.8. The Balaban J connectivity index is 1.59. The van der Waals surface area contributed by atoms with E-state index in [1.165, 1.54) is 11.3 Å². The number of fused-ring (bicyclic) bond motifs is 1. The average molecular weight is 489 g/mol. The highest BCUT2D eigenvalue weighted by Gasteiger charge is 2.39. The molecule has 1 N–H and O–H groups in total. The molecule has 1 aliphatic heterocycles. The molecule has 7 heteroatoms. The zero-order valence-corrected chi connectivity index (χ0v) is 20.5. The molecule has 0 saturated carbocycles. The molecule has 2 atom stereocenters. The molecule has 0 aliphatic carbocycles. The minimum Gasteiger partial charge on any atom is -0.497 e. The van der Waals surface area contributed by atoms with Crippen molar-refractivity contribution in [1.29, 1.82) is 0 Å². The van der Waals surface area contributed by atoms with Crippen molar-refractivity contribution in [2.45, 2.75) is 17.9 Å². The van der Waals surface area contributed by atoms with E-state index in [0.717, 1.165) is 38.2 Å². The molecular formula is C27H24N2O3S2. The number of hydrogen-bond donors (Lipinski definition) is 1. The number of aryl methyl sites for hydroxylation is 1. The summed E-state index contributed by atoms with van der Waals surface area (Å²) in [7, 11) is 1.63. The Morgan fingerprint density at radius 2 is 1.79 bits per heavy atom. The van der Waals surface area contributed by atoms with Crippen molar-refractivity contribution in [3.8, 4) is 11.4 Å². The first-order chi connectivity index (χ1) is 16.5. The number of anilines is 1. The number of thiazole rings is 1. The number of rotatable bonds is 5. The second kappa shape index (κ2) is 9.52. The fourth-order valence-electron chi connectivity index (χ4n) is 4.27. The van der Waals surface area contributed by atoms with Gasteiger partial charge in [0.1, 0.15) is 5.75 Å². The van der Waals surface area contributed by atoms with Crippen LogP contribution in [0.3, 0.4) is 0 Å². The van der Waals surface area contributed by atoms with Crippen LogP contribution < -0.4 is 14.9 Å². The molecule has 3 aromatic carbocycles. The van der Waals surface area contributed by atoms with Gasteiger partial charge in [0.05, 0.1) is 23.7 Å². The molecule has 0 bridgehead atoms. The first kappa shape index (κ1) is 22.5. The van der Waals surface area contributed by atoms with Gasteiger partial charge in [0, 0.05) is 22.2 Å². The predicted octanol–water partition coefficient (Wildman–Crippen LogP) is 5.71. The van der Waals surface area contributed by atoms with Crippen LogP contribution in [0.1, 0.15) is 21.9 Å². The number of thioether (sulfide) groups is 1. The van der Waals surface area contributed by atoms with Crippen LogP contribution in [0.5, 0.6) is 5.75 Å². The zero-order valence-electron chi connectivity index (χ0n) is 18.9. The summed E-state index contributed by atoms with van der Waals surface area (Å²) in [5, 5.41) is 4.00. The number of nitrogens with one attached hydrogen (secondary N) is 1. The second-order valence-corrected chi connectivity index (χ2v) is 10.2. The highest BCUT2D eigenvalue weighted by molar-refractivity contribution is 7.99. The van der Waals surface area contributed by atoms with Gasteiger partial charge >= 0.3 is 4.87 Å². The van der Waals surface area contributed by atoms with Gasteiger partial charge in [0.25, 0.3) is 0 Å². The summed E-state index contributed by atoms with van der Waals surface area (Å²) < 4.78 is 7.23. The normalized spacial score (nSPS) is 17.1. The summed E-state index contributed by atoms with van der Waals surface area (Å²) in [5.74, 6) is 0.648. The van der Waals surface area contributed by atoms with Crippen molar-refractivity contribution < 1.29 is 9.53 Å². The number of carbonyl (C=O) groups excluding carboxylic acids is 1. The molecule has 1 aromatic heterocycles. The van der Waals surface area contributed by atoms with Crippen molar-refractivity contribution in [3.05, 3.63) is 105 Å². The Kier molecular flexibility index (Phi) is 6.30. The van der Waals surface area contributed by atoms with Crippen LogP contribution >= 0.6 is 23.1 Å². The number of para-hydroxylation sites is 1. The Hall–Kier alpha value is -3.29. The monoisotopic (exact) mass is 488 g/mol. The number of amides is 1. The molecule has 0 saturated heterocycles. The highest BCUT2D eigenvalue weighted by Crippen LogP contribution is 2.47. The SMILES string of the molecule is COc1cccc(C2c3sc(=O)n(-c4ccccc4)c3SCC2C(=O)Nc2ccc(C)cc2)c1. The van der Waals surface area contributed by atoms with E-state index in [1.807, 2.05) is 85.8 Å². The summed E-state index contributed by atoms with van der Waals surface area (Å²) in [4.78, 5) is 27.5. The Bertz CT molecular complexity index is 1380. The molecule has 5 nitrogen and oxygen atoms in total. The zero-order chi connectivity index (χ0) is 23.7. The van der Waals surface area contributed by atoms with Gasteiger partial charge in [-0.2, -0.15) is 0 Å². The Labute approximate surface area is 206 Å². The van der Waals surface area contributed by atoms with E-state index in [-0.39, 0.29) is 22.6 Å². The van der Waals surface area contributed by atoms with Gasteiger partial charge in [-0.1, -0.05) is 59.4 Å². The summed E-state index contributed by atoms with van der Waals surface area (Å²) in [6, 6.07) is 25.3. The maximum atomic E-state index is 13.5. The lowest BCUT2D eigenvalue weighted by Gasteiger charge is -2.31. The van der Waals surface area contributed by atoms with Gasteiger partial charge in [0.2, 0.25) is 5.91 Å². The van der Waals surface area contributed by atoms with Gasteiger partial charge in [-0.15, -0.1) is 11.8 Å². The van der Waals surface area contributed by atoms with Crippen LogP contribution in [0.15, 0.2) is 88.7 Å². The van der Waals surface area contributed by atoms with Gasteiger partial charge in [-0.3, -0.25) is 14.2 Å². The molecule has 34 heavy (non-hydrogen) atoms.